The number of hydrogen-bond acceptors (Lipinski definition) is 1. The quantitative estimate of drug-likeness (QED) is 0.597. The van der Waals surface area contributed by atoms with Crippen LogP contribution in [0.15, 0.2) is 0 Å². The zero-order valence-electron chi connectivity index (χ0n) is 8.61. The normalized spacial score (nSPS) is 12.5. The molecule has 68 valence electrons. The molecule has 0 aromatic rings. The van der Waals surface area contributed by atoms with Crippen molar-refractivity contribution >= 4 is 0 Å². The van der Waals surface area contributed by atoms with Crippen LogP contribution >= 0.6 is 0 Å². The van der Waals surface area contributed by atoms with E-state index in [1.807, 2.05) is 0 Å². The van der Waals surface area contributed by atoms with E-state index in [0.29, 0.717) is 5.41 Å². The van der Waals surface area contributed by atoms with E-state index in [0.717, 1.165) is 12.5 Å². The molecule has 0 aliphatic carbocycles. The molecule has 1 nitrogen and oxygen atoms in total. The van der Waals surface area contributed by atoms with E-state index in [2.05, 4.69) is 27.7 Å². The fourth-order valence-corrected chi connectivity index (χ4v) is 1.14. The zero-order valence-corrected chi connectivity index (χ0v) is 8.61. The maximum atomic E-state index is 5.14. The van der Waals surface area contributed by atoms with Crippen molar-refractivity contribution < 1.29 is 4.74 Å². The first-order chi connectivity index (χ1) is 4.98. The summed E-state index contributed by atoms with van der Waals surface area (Å²) in [5, 5.41) is 0. The number of rotatable bonds is 5. The fourth-order valence-electron chi connectivity index (χ4n) is 1.14. The third-order valence-corrected chi connectivity index (χ3v) is 1.93. The van der Waals surface area contributed by atoms with Gasteiger partial charge in [0.05, 0.1) is 6.61 Å². The fraction of sp³-hybridized carbons (Fsp3) is 1.00. The minimum absolute atomic E-state index is 0.360. The van der Waals surface area contributed by atoms with Crippen LogP contribution in [0.25, 0.3) is 0 Å². The van der Waals surface area contributed by atoms with Crippen molar-refractivity contribution in [2.24, 2.45) is 11.3 Å². The highest BCUT2D eigenvalue weighted by molar-refractivity contribution is 4.68. The van der Waals surface area contributed by atoms with Gasteiger partial charge in [0.25, 0.3) is 0 Å². The first-order valence-electron chi connectivity index (χ1n) is 4.47. The van der Waals surface area contributed by atoms with Crippen LogP contribution < -0.4 is 0 Å². The Morgan fingerprint density at radius 1 is 1.27 bits per heavy atom. The largest absolute Gasteiger partial charge is 0.384 e. The Labute approximate surface area is 71.1 Å². The monoisotopic (exact) mass is 158 g/mol. The summed E-state index contributed by atoms with van der Waals surface area (Å²) in [6, 6.07) is 0. The lowest BCUT2D eigenvalue weighted by Gasteiger charge is -2.24. The zero-order chi connectivity index (χ0) is 8.91. The molecule has 0 aromatic heterocycles. The van der Waals surface area contributed by atoms with Crippen LogP contribution in [0.2, 0.25) is 0 Å². The average molecular weight is 158 g/mol. The van der Waals surface area contributed by atoms with Crippen molar-refractivity contribution in [3.8, 4) is 0 Å². The van der Waals surface area contributed by atoms with Crippen LogP contribution in [0.4, 0.5) is 0 Å². The predicted molar refractivity (Wildman–Crippen MR) is 49.7 cm³/mol. The minimum atomic E-state index is 0.360. The number of hydrogen-bond donors (Lipinski definition) is 0. The van der Waals surface area contributed by atoms with Crippen LogP contribution in [0, 0.1) is 11.3 Å². The second-order valence-corrected chi connectivity index (χ2v) is 4.53. The highest BCUT2D eigenvalue weighted by Gasteiger charge is 2.17. The molecule has 0 fully saturated rings. The van der Waals surface area contributed by atoms with E-state index in [-0.39, 0.29) is 0 Å². The molecule has 0 heterocycles. The molecule has 0 atom stereocenters. The Balaban J connectivity index is 3.54. The highest BCUT2D eigenvalue weighted by atomic mass is 16.5. The smallest absolute Gasteiger partial charge is 0.0513 e. The molecule has 0 saturated carbocycles. The van der Waals surface area contributed by atoms with Gasteiger partial charge in [-0.1, -0.05) is 34.1 Å². The standard InChI is InChI=1S/C10H22O/c1-9(2)6-7-10(3,4)8-11-5/h9H,6-8H2,1-5H3. The van der Waals surface area contributed by atoms with E-state index in [1.54, 1.807) is 7.11 Å². The SMILES string of the molecule is COCC(C)(C)CCC(C)C. The van der Waals surface area contributed by atoms with Crippen LogP contribution in [0.3, 0.4) is 0 Å². The molecule has 0 rings (SSSR count). The third kappa shape index (κ3) is 6.36. The molecule has 0 N–H and O–H groups in total. The molecule has 0 aliphatic heterocycles. The number of ether oxygens (including phenoxy) is 1. The van der Waals surface area contributed by atoms with Gasteiger partial charge in [-0.05, 0) is 17.8 Å². The lowest BCUT2D eigenvalue weighted by molar-refractivity contribution is 0.0941. The third-order valence-electron chi connectivity index (χ3n) is 1.93. The molecule has 0 aromatic carbocycles. The molecule has 0 bridgehead atoms. The molecule has 0 radical (unpaired) electrons. The van der Waals surface area contributed by atoms with Gasteiger partial charge in [-0.25, -0.2) is 0 Å². The maximum Gasteiger partial charge on any atom is 0.0513 e. The Morgan fingerprint density at radius 2 is 1.82 bits per heavy atom. The first-order valence-corrected chi connectivity index (χ1v) is 4.47. The Kier molecular flexibility index (Phi) is 4.74. The second kappa shape index (κ2) is 4.76. The van der Waals surface area contributed by atoms with Crippen molar-refractivity contribution in [2.75, 3.05) is 13.7 Å². The molecular weight excluding hydrogens is 136 g/mol. The topological polar surface area (TPSA) is 9.23 Å². The van der Waals surface area contributed by atoms with E-state index in [4.69, 9.17) is 4.74 Å². The van der Waals surface area contributed by atoms with E-state index >= 15 is 0 Å². The molecular formula is C10H22O. The molecule has 0 amide bonds. The van der Waals surface area contributed by atoms with Crippen molar-refractivity contribution in [3.05, 3.63) is 0 Å². The molecule has 1 heteroatoms. The Morgan fingerprint density at radius 3 is 2.18 bits per heavy atom. The maximum absolute atomic E-state index is 5.14. The lowest BCUT2D eigenvalue weighted by atomic mass is 9.86. The molecule has 11 heavy (non-hydrogen) atoms. The molecule has 0 aliphatic rings. The van der Waals surface area contributed by atoms with Crippen LogP contribution in [-0.2, 0) is 4.74 Å². The van der Waals surface area contributed by atoms with Gasteiger partial charge in [0.2, 0.25) is 0 Å². The molecule has 0 unspecified atom stereocenters. The summed E-state index contributed by atoms with van der Waals surface area (Å²) in [6.07, 6.45) is 2.56. The van der Waals surface area contributed by atoms with Crippen molar-refractivity contribution in [1.82, 2.24) is 0 Å². The summed E-state index contributed by atoms with van der Waals surface area (Å²) in [7, 11) is 1.77. The molecule has 0 saturated heterocycles. The summed E-state index contributed by atoms with van der Waals surface area (Å²) < 4.78 is 5.14. The highest BCUT2D eigenvalue weighted by Crippen LogP contribution is 2.24. The Hall–Kier alpha value is -0.0400. The van der Waals surface area contributed by atoms with Crippen molar-refractivity contribution in [3.63, 3.8) is 0 Å². The predicted octanol–water partition coefficient (Wildman–Crippen LogP) is 3.10. The summed E-state index contributed by atoms with van der Waals surface area (Å²) in [5.41, 5.74) is 0.360. The van der Waals surface area contributed by atoms with Gasteiger partial charge >= 0.3 is 0 Å². The summed E-state index contributed by atoms with van der Waals surface area (Å²) in [4.78, 5) is 0. The molecule has 0 spiro atoms. The first kappa shape index (κ1) is 11.0. The van der Waals surface area contributed by atoms with Gasteiger partial charge in [-0.15, -0.1) is 0 Å². The lowest BCUT2D eigenvalue weighted by Crippen LogP contribution is -2.18. The van der Waals surface area contributed by atoms with Crippen molar-refractivity contribution in [2.45, 2.75) is 40.5 Å². The Bertz CT molecular complexity index is 95.0. The van der Waals surface area contributed by atoms with Crippen LogP contribution in [0.1, 0.15) is 40.5 Å². The van der Waals surface area contributed by atoms with Crippen molar-refractivity contribution in [1.29, 1.82) is 0 Å². The van der Waals surface area contributed by atoms with Gasteiger partial charge in [-0.3, -0.25) is 0 Å². The van der Waals surface area contributed by atoms with Gasteiger partial charge < -0.3 is 4.74 Å². The summed E-state index contributed by atoms with van der Waals surface area (Å²) >= 11 is 0. The van der Waals surface area contributed by atoms with E-state index in [1.165, 1.54) is 12.8 Å². The minimum Gasteiger partial charge on any atom is -0.384 e. The van der Waals surface area contributed by atoms with Crippen LogP contribution in [0.5, 0.6) is 0 Å². The number of methoxy groups -OCH3 is 1. The van der Waals surface area contributed by atoms with E-state index < -0.39 is 0 Å². The van der Waals surface area contributed by atoms with Crippen LogP contribution in [-0.4, -0.2) is 13.7 Å². The summed E-state index contributed by atoms with van der Waals surface area (Å²) in [5.74, 6) is 0.811. The second-order valence-electron chi connectivity index (χ2n) is 4.53. The van der Waals surface area contributed by atoms with E-state index in [9.17, 15) is 0 Å². The van der Waals surface area contributed by atoms with Gasteiger partial charge in [-0.2, -0.15) is 0 Å². The van der Waals surface area contributed by atoms with Gasteiger partial charge in [0, 0.05) is 7.11 Å². The van der Waals surface area contributed by atoms with Gasteiger partial charge in [0.1, 0.15) is 0 Å². The average Bonchev–Trinajstić information content (AvgIpc) is 1.84. The summed E-state index contributed by atoms with van der Waals surface area (Å²) in [6.45, 7) is 9.93. The van der Waals surface area contributed by atoms with Gasteiger partial charge in [0.15, 0.2) is 0 Å².